The van der Waals surface area contributed by atoms with Gasteiger partial charge in [-0.1, -0.05) is 6.92 Å². The van der Waals surface area contributed by atoms with Crippen LogP contribution in [0, 0.1) is 17.8 Å². The molecule has 0 bridgehead atoms. The number of piperidine rings is 2. The standard InChI is InChI=1S/C29H34N6O3.C27H31N5O3.C3H9N/c1-33-26-21(12-20(14-24(26)37-2)29(36)34-11-9-18-8-10-30-22(18)16-34)31-28(33)23-13-19-6-7-25(38-3)32-27(19)35(23)15-17-4-5-17;1-30-24-20(13-19(15-22(24)34-2)27(33)31-11-5-4-6-12-31)28-26(30)21-14-18-9-10-23(35-3)29-25(18)32(21)16-17-7-8-17;1-3-4-2/h6-7,12-14,17-18,22,30H,4-5,8-11,15-16H2,1-3H3;9-10,13-15,17H,4-8,11-12,16H2,1-3H3;4H,3H2,1-2H3/t18-,22+;;/m1../s1. The molecule has 8 aromatic rings. The van der Waals surface area contributed by atoms with E-state index in [0.29, 0.717) is 58.2 Å². The van der Waals surface area contributed by atoms with Crippen molar-refractivity contribution in [3.8, 4) is 46.3 Å². The first-order valence-electron chi connectivity index (χ1n) is 27.7. The summed E-state index contributed by atoms with van der Waals surface area (Å²) in [6.45, 7) is 9.16. The summed E-state index contributed by atoms with van der Waals surface area (Å²) in [4.78, 5) is 50.4. The van der Waals surface area contributed by atoms with Gasteiger partial charge in [0, 0.05) is 93.4 Å². The molecular weight excluding hydrogens is 973 g/mol. The highest BCUT2D eigenvalue weighted by Gasteiger charge is 2.36. The molecular formula is C59H74N12O6. The van der Waals surface area contributed by atoms with E-state index in [4.69, 9.17) is 38.9 Å². The Kier molecular flexibility index (Phi) is 14.9. The van der Waals surface area contributed by atoms with Gasteiger partial charge in [0.1, 0.15) is 33.8 Å². The molecule has 77 heavy (non-hydrogen) atoms. The van der Waals surface area contributed by atoms with Crippen LogP contribution in [0.5, 0.6) is 23.3 Å². The lowest BCUT2D eigenvalue weighted by molar-refractivity contribution is 0.0668. The van der Waals surface area contributed by atoms with Gasteiger partial charge in [-0.2, -0.15) is 9.97 Å². The monoisotopic (exact) mass is 1050 g/mol. The van der Waals surface area contributed by atoms with Crippen LogP contribution in [-0.2, 0) is 27.2 Å². The van der Waals surface area contributed by atoms with Crippen molar-refractivity contribution in [1.29, 1.82) is 0 Å². The van der Waals surface area contributed by atoms with Gasteiger partial charge in [-0.15, -0.1) is 0 Å². The summed E-state index contributed by atoms with van der Waals surface area (Å²) in [5.41, 5.74) is 8.37. The number of hydrogen-bond donors (Lipinski definition) is 2. The summed E-state index contributed by atoms with van der Waals surface area (Å²) in [6.07, 6.45) is 10.5. The summed E-state index contributed by atoms with van der Waals surface area (Å²) in [5, 5.41) is 8.61. The van der Waals surface area contributed by atoms with Crippen molar-refractivity contribution in [2.75, 3.05) is 74.8 Å². The molecule has 3 aliphatic heterocycles. The van der Waals surface area contributed by atoms with Crippen molar-refractivity contribution in [2.24, 2.45) is 31.8 Å². The van der Waals surface area contributed by atoms with E-state index in [0.717, 1.165) is 139 Å². The quantitative estimate of drug-likeness (QED) is 0.113. The molecule has 2 aliphatic carbocycles. The fourth-order valence-corrected chi connectivity index (χ4v) is 11.6. The first-order valence-corrected chi connectivity index (χ1v) is 27.7. The number of nitrogens with one attached hydrogen (secondary N) is 2. The number of ether oxygens (including phenoxy) is 4. The molecule has 406 valence electrons. The zero-order valence-corrected chi connectivity index (χ0v) is 46.0. The number of likely N-dealkylation sites (tertiary alicyclic amines) is 2. The van der Waals surface area contributed by atoms with E-state index >= 15 is 0 Å². The van der Waals surface area contributed by atoms with Gasteiger partial charge in [0.05, 0.1) is 50.9 Å². The van der Waals surface area contributed by atoms with E-state index in [-0.39, 0.29) is 11.8 Å². The van der Waals surface area contributed by atoms with Crippen LogP contribution in [-0.4, -0.2) is 141 Å². The Bertz CT molecular complexity index is 3470. The average Bonchev–Trinajstić information content (AvgIpc) is 4.41. The smallest absolute Gasteiger partial charge is 0.254 e. The summed E-state index contributed by atoms with van der Waals surface area (Å²) < 4.78 is 31.1. The third-order valence-corrected chi connectivity index (χ3v) is 16.4. The van der Waals surface area contributed by atoms with E-state index in [9.17, 15) is 9.59 Å². The maximum atomic E-state index is 13.6. The Hall–Kier alpha value is -7.18. The minimum Gasteiger partial charge on any atom is -0.494 e. The lowest BCUT2D eigenvalue weighted by Crippen LogP contribution is -2.48. The lowest BCUT2D eigenvalue weighted by atomic mass is 9.92. The number of benzene rings is 2. The predicted molar refractivity (Wildman–Crippen MR) is 300 cm³/mol. The highest BCUT2D eigenvalue weighted by atomic mass is 16.5. The Morgan fingerprint density at radius 2 is 1.10 bits per heavy atom. The van der Waals surface area contributed by atoms with E-state index in [1.54, 1.807) is 28.4 Å². The number of aromatic nitrogens is 8. The lowest BCUT2D eigenvalue weighted by Gasteiger charge is -2.35. The van der Waals surface area contributed by atoms with Gasteiger partial charge >= 0.3 is 0 Å². The van der Waals surface area contributed by atoms with Crippen LogP contribution >= 0.6 is 0 Å². The fourth-order valence-electron chi connectivity index (χ4n) is 11.6. The number of carbonyl (C=O) groups excluding carboxylic acids is 2. The van der Waals surface area contributed by atoms with Gasteiger partial charge in [0.15, 0.2) is 11.6 Å². The number of aryl methyl sites for hydroxylation is 2. The average molecular weight is 1050 g/mol. The van der Waals surface area contributed by atoms with Gasteiger partial charge in [-0.05, 0) is 144 Å². The van der Waals surface area contributed by atoms with Gasteiger partial charge in [0.25, 0.3) is 11.8 Å². The van der Waals surface area contributed by atoms with Crippen LogP contribution in [0.2, 0.25) is 0 Å². The largest absolute Gasteiger partial charge is 0.494 e. The topological polar surface area (TPSA) is 173 Å². The Morgan fingerprint density at radius 1 is 0.610 bits per heavy atom. The molecule has 6 aromatic heterocycles. The summed E-state index contributed by atoms with van der Waals surface area (Å²) in [5.74, 6) is 6.29. The third-order valence-electron chi connectivity index (χ3n) is 16.4. The first kappa shape index (κ1) is 51.9. The molecule has 2 atom stereocenters. The van der Waals surface area contributed by atoms with E-state index in [2.05, 4.69) is 54.0 Å². The van der Waals surface area contributed by atoms with Gasteiger partial charge in [-0.3, -0.25) is 9.59 Å². The number of hydrogen-bond acceptors (Lipinski definition) is 12. The fraction of sp³-hybridized carbons (Fsp3) is 0.492. The highest BCUT2D eigenvalue weighted by molar-refractivity contribution is 6.01. The maximum Gasteiger partial charge on any atom is 0.254 e. The van der Waals surface area contributed by atoms with Crippen molar-refractivity contribution in [1.82, 2.24) is 58.6 Å². The van der Waals surface area contributed by atoms with Crippen LogP contribution in [0.4, 0.5) is 0 Å². The number of nitrogens with zero attached hydrogens (tertiary/aromatic N) is 10. The molecule has 5 fully saturated rings. The number of pyridine rings is 2. The number of fused-ring (bicyclic) bond motifs is 5. The number of rotatable bonds is 13. The molecule has 2 amide bonds. The molecule has 2 saturated carbocycles. The van der Waals surface area contributed by atoms with Crippen LogP contribution in [0.25, 0.3) is 67.2 Å². The molecule has 0 unspecified atom stereocenters. The van der Waals surface area contributed by atoms with Crippen molar-refractivity contribution in [3.63, 3.8) is 0 Å². The minimum atomic E-state index is 0.0451. The van der Waals surface area contributed by atoms with Crippen molar-refractivity contribution in [3.05, 3.63) is 71.8 Å². The predicted octanol–water partition coefficient (Wildman–Crippen LogP) is 8.71. The summed E-state index contributed by atoms with van der Waals surface area (Å²) in [7, 11) is 12.5. The second-order valence-electron chi connectivity index (χ2n) is 21.5. The SMILES string of the molecule is CCNC.COc1ccc2cc(-c3nc4cc(C(=O)N5CCCCC5)cc(OC)c4n3C)n(CC3CC3)c2n1.COc1ccc2cc(-c3nc4cc(C(=O)N5CC[C@H]6CCN[C@H]6C5)cc(OC)c4n3C)n(CC3CC3)c2n1. The normalized spacial score (nSPS) is 18.3. The Labute approximate surface area is 450 Å². The molecule has 13 rings (SSSR count). The number of carbonyl (C=O) groups is 2. The minimum absolute atomic E-state index is 0.0451. The van der Waals surface area contributed by atoms with E-state index in [1.807, 2.05) is 73.4 Å². The van der Waals surface area contributed by atoms with Crippen LogP contribution in [0.15, 0.2) is 60.7 Å². The molecule has 0 spiro atoms. The number of amides is 2. The van der Waals surface area contributed by atoms with Crippen molar-refractivity contribution < 1.29 is 28.5 Å². The van der Waals surface area contributed by atoms with Crippen molar-refractivity contribution >= 4 is 55.9 Å². The molecule has 18 nitrogen and oxygen atoms in total. The first-order chi connectivity index (χ1) is 37.5. The van der Waals surface area contributed by atoms with E-state index in [1.165, 1.54) is 38.5 Å². The van der Waals surface area contributed by atoms with Crippen LogP contribution in [0.3, 0.4) is 0 Å². The zero-order valence-electron chi connectivity index (χ0n) is 46.0. The molecule has 9 heterocycles. The Balaban J connectivity index is 0.000000154. The molecule has 2 N–H and O–H groups in total. The second-order valence-corrected chi connectivity index (χ2v) is 21.5. The van der Waals surface area contributed by atoms with Crippen LogP contribution in [0.1, 0.15) is 85.4 Å². The van der Waals surface area contributed by atoms with E-state index < -0.39 is 0 Å². The molecule has 3 saturated heterocycles. The second kappa shape index (κ2) is 22.0. The Morgan fingerprint density at radius 3 is 1.56 bits per heavy atom. The third kappa shape index (κ3) is 10.3. The summed E-state index contributed by atoms with van der Waals surface area (Å²) in [6, 6.07) is 20.2. The molecule has 5 aliphatic rings. The summed E-state index contributed by atoms with van der Waals surface area (Å²) >= 11 is 0. The van der Waals surface area contributed by atoms with Gasteiger partial charge in [0.2, 0.25) is 11.8 Å². The number of methoxy groups -OCH3 is 4. The molecule has 18 heteroatoms. The highest BCUT2D eigenvalue weighted by Crippen LogP contribution is 2.40. The number of imidazole rings is 2. The van der Waals surface area contributed by atoms with Gasteiger partial charge < -0.3 is 57.6 Å². The molecule has 0 radical (unpaired) electrons. The zero-order chi connectivity index (χ0) is 53.5. The van der Waals surface area contributed by atoms with Crippen molar-refractivity contribution in [2.45, 2.75) is 83.8 Å². The maximum absolute atomic E-state index is 13.6. The van der Waals surface area contributed by atoms with Crippen LogP contribution < -0.4 is 29.6 Å². The molecule has 2 aromatic carbocycles. The van der Waals surface area contributed by atoms with Gasteiger partial charge in [-0.25, -0.2) is 9.97 Å².